The summed E-state index contributed by atoms with van der Waals surface area (Å²) in [5.74, 6) is 1.71. The Kier molecular flexibility index (Phi) is 5.75. The van der Waals surface area contributed by atoms with Crippen molar-refractivity contribution in [1.82, 2.24) is 4.90 Å². The second-order valence-electron chi connectivity index (χ2n) is 8.26. The fourth-order valence-electron chi connectivity index (χ4n) is 4.66. The van der Waals surface area contributed by atoms with Crippen LogP contribution >= 0.6 is 0 Å². The van der Waals surface area contributed by atoms with Crippen LogP contribution in [-0.4, -0.2) is 35.8 Å². The summed E-state index contributed by atoms with van der Waals surface area (Å²) in [5.41, 5.74) is 0.677. The molecule has 1 aliphatic heterocycles. The number of rotatable bonds is 4. The molecular weight excluding hydrogens is 338 g/mol. The number of carbonyl (C=O) groups is 1. The van der Waals surface area contributed by atoms with Crippen molar-refractivity contribution < 1.29 is 14.3 Å². The third kappa shape index (κ3) is 3.81. The molecule has 1 saturated heterocycles. The van der Waals surface area contributed by atoms with Crippen molar-refractivity contribution in [2.24, 2.45) is 11.8 Å². The number of hydrogen-bond acceptors (Lipinski definition) is 3. The van der Waals surface area contributed by atoms with Crippen molar-refractivity contribution in [2.75, 3.05) is 7.11 Å². The molecule has 1 aliphatic carbocycles. The van der Waals surface area contributed by atoms with E-state index in [0.717, 1.165) is 24.2 Å². The van der Waals surface area contributed by atoms with E-state index < -0.39 is 6.23 Å². The maximum atomic E-state index is 12.7. The van der Waals surface area contributed by atoms with Crippen molar-refractivity contribution in [3.8, 4) is 5.75 Å². The Morgan fingerprint density at radius 3 is 2.78 bits per heavy atom. The molecule has 0 aromatic heterocycles. The van der Waals surface area contributed by atoms with Crippen LogP contribution in [-0.2, 0) is 9.53 Å². The summed E-state index contributed by atoms with van der Waals surface area (Å²) in [6.45, 7) is 10.3. The Hall–Kier alpha value is -2.07. The van der Waals surface area contributed by atoms with E-state index in [1.54, 1.807) is 7.11 Å². The quantitative estimate of drug-likeness (QED) is 0.725. The van der Waals surface area contributed by atoms with Crippen LogP contribution in [0.5, 0.6) is 5.75 Å². The molecule has 3 rings (SSSR count). The summed E-state index contributed by atoms with van der Waals surface area (Å²) in [7, 11) is 1.66. The van der Waals surface area contributed by atoms with Gasteiger partial charge in [0.2, 0.25) is 5.91 Å². The summed E-state index contributed by atoms with van der Waals surface area (Å²) < 4.78 is 11.9. The van der Waals surface area contributed by atoms with E-state index in [9.17, 15) is 4.79 Å². The van der Waals surface area contributed by atoms with Crippen LogP contribution in [0.4, 0.5) is 0 Å². The first-order valence-corrected chi connectivity index (χ1v) is 9.81. The van der Waals surface area contributed by atoms with E-state index in [0.29, 0.717) is 11.8 Å². The Bertz CT molecular complexity index is 724. The minimum atomic E-state index is -0.415. The van der Waals surface area contributed by atoms with Crippen LogP contribution in [0.15, 0.2) is 43.0 Å². The Balaban J connectivity index is 1.94. The number of fused-ring (bicyclic) bond motifs is 1. The molecule has 4 heteroatoms. The van der Waals surface area contributed by atoms with Gasteiger partial charge in [0.05, 0.1) is 13.2 Å². The Morgan fingerprint density at radius 1 is 1.33 bits per heavy atom. The molecule has 146 valence electrons. The van der Waals surface area contributed by atoms with Gasteiger partial charge in [-0.05, 0) is 50.8 Å². The third-order valence-electron chi connectivity index (χ3n) is 6.14. The number of para-hydroxylation sites is 1. The van der Waals surface area contributed by atoms with Gasteiger partial charge >= 0.3 is 0 Å². The second-order valence-corrected chi connectivity index (χ2v) is 8.26. The minimum Gasteiger partial charge on any atom is -0.496 e. The largest absolute Gasteiger partial charge is 0.496 e. The van der Waals surface area contributed by atoms with Crippen LogP contribution < -0.4 is 4.74 Å². The topological polar surface area (TPSA) is 38.8 Å². The molecule has 2 fully saturated rings. The van der Waals surface area contributed by atoms with Crippen LogP contribution in [0.2, 0.25) is 0 Å². The first-order valence-electron chi connectivity index (χ1n) is 9.81. The van der Waals surface area contributed by atoms with Crippen molar-refractivity contribution >= 4 is 12.0 Å². The SMILES string of the molecule is C=CC(=O)N1[C@H](/C=C/c2ccccc2OC)O[C@@H]2C[C@H](C)CC[C@H]2C1(C)C. The lowest BCUT2D eigenvalue weighted by atomic mass is 9.69. The lowest BCUT2D eigenvalue weighted by molar-refractivity contribution is -0.213. The standard InChI is InChI=1S/C23H31NO3/c1-6-21(25)24-22(14-12-17-9-7-8-10-19(17)26-5)27-20-15-16(2)11-13-18(20)23(24,3)4/h6-10,12,14,16,18,20,22H,1,11,13,15H2,2-5H3/b14-12+/t16-,18-,20-,22+/m1/s1. The highest BCUT2D eigenvalue weighted by atomic mass is 16.5. The molecule has 27 heavy (non-hydrogen) atoms. The van der Waals surface area contributed by atoms with Gasteiger partial charge in [0.15, 0.2) is 6.23 Å². The molecule has 1 aromatic rings. The van der Waals surface area contributed by atoms with E-state index in [1.165, 1.54) is 12.5 Å². The zero-order valence-corrected chi connectivity index (χ0v) is 16.9. The molecule has 0 bridgehead atoms. The molecule has 1 amide bonds. The lowest BCUT2D eigenvalue weighted by Gasteiger charge is -2.56. The number of methoxy groups -OCH3 is 1. The van der Waals surface area contributed by atoms with E-state index in [4.69, 9.17) is 9.47 Å². The minimum absolute atomic E-state index is 0.0910. The number of amides is 1. The predicted octanol–water partition coefficient (Wildman–Crippen LogP) is 4.66. The molecule has 0 radical (unpaired) electrons. The van der Waals surface area contributed by atoms with Gasteiger partial charge in [0.25, 0.3) is 0 Å². The molecule has 1 aromatic carbocycles. The fraction of sp³-hybridized carbons (Fsp3) is 0.522. The molecule has 1 heterocycles. The first kappa shape index (κ1) is 19.7. The number of ether oxygens (including phenoxy) is 2. The zero-order valence-electron chi connectivity index (χ0n) is 16.9. The van der Waals surface area contributed by atoms with Gasteiger partial charge in [-0.15, -0.1) is 0 Å². The monoisotopic (exact) mass is 369 g/mol. The molecule has 4 nitrogen and oxygen atoms in total. The molecule has 2 aliphatic rings. The van der Waals surface area contributed by atoms with E-state index >= 15 is 0 Å². The van der Waals surface area contributed by atoms with Crippen molar-refractivity contribution in [2.45, 2.75) is 57.9 Å². The molecular formula is C23H31NO3. The highest BCUT2D eigenvalue weighted by Crippen LogP contribution is 2.45. The smallest absolute Gasteiger partial charge is 0.248 e. The molecule has 0 N–H and O–H groups in total. The Labute approximate surface area is 162 Å². The highest BCUT2D eigenvalue weighted by molar-refractivity contribution is 5.88. The van der Waals surface area contributed by atoms with Crippen molar-refractivity contribution in [1.29, 1.82) is 0 Å². The van der Waals surface area contributed by atoms with E-state index in [-0.39, 0.29) is 17.6 Å². The van der Waals surface area contributed by atoms with Crippen molar-refractivity contribution in [3.05, 3.63) is 48.6 Å². The average molecular weight is 370 g/mol. The van der Waals surface area contributed by atoms with Crippen LogP contribution in [0.3, 0.4) is 0 Å². The zero-order chi connectivity index (χ0) is 19.6. The normalized spacial score (nSPS) is 30.0. The lowest BCUT2D eigenvalue weighted by Crippen LogP contribution is -2.65. The fourth-order valence-corrected chi connectivity index (χ4v) is 4.66. The van der Waals surface area contributed by atoms with E-state index in [1.807, 2.05) is 41.3 Å². The number of carbonyl (C=O) groups excluding carboxylic acids is 1. The van der Waals surface area contributed by atoms with Crippen LogP contribution in [0, 0.1) is 11.8 Å². The first-order chi connectivity index (χ1) is 12.9. The van der Waals surface area contributed by atoms with Gasteiger partial charge in [0, 0.05) is 17.0 Å². The number of benzene rings is 1. The van der Waals surface area contributed by atoms with E-state index in [2.05, 4.69) is 27.4 Å². The average Bonchev–Trinajstić information content (AvgIpc) is 2.65. The highest BCUT2D eigenvalue weighted by Gasteiger charge is 2.51. The summed E-state index contributed by atoms with van der Waals surface area (Å²) >= 11 is 0. The molecule has 0 spiro atoms. The maximum absolute atomic E-state index is 12.7. The summed E-state index contributed by atoms with van der Waals surface area (Å²) in [4.78, 5) is 14.6. The van der Waals surface area contributed by atoms with Crippen LogP contribution in [0.25, 0.3) is 6.08 Å². The van der Waals surface area contributed by atoms with Gasteiger partial charge in [-0.2, -0.15) is 0 Å². The third-order valence-corrected chi connectivity index (χ3v) is 6.14. The molecule has 1 saturated carbocycles. The van der Waals surface area contributed by atoms with Gasteiger partial charge in [-0.1, -0.05) is 44.2 Å². The number of hydrogen-bond donors (Lipinski definition) is 0. The number of nitrogens with zero attached hydrogens (tertiary/aromatic N) is 1. The Morgan fingerprint density at radius 2 is 2.07 bits per heavy atom. The predicted molar refractivity (Wildman–Crippen MR) is 108 cm³/mol. The molecule has 4 atom stereocenters. The summed E-state index contributed by atoms with van der Waals surface area (Å²) in [5, 5.41) is 0. The van der Waals surface area contributed by atoms with Gasteiger partial charge in [-0.3, -0.25) is 4.79 Å². The van der Waals surface area contributed by atoms with Gasteiger partial charge in [-0.25, -0.2) is 0 Å². The van der Waals surface area contributed by atoms with Gasteiger partial charge < -0.3 is 14.4 Å². The maximum Gasteiger partial charge on any atom is 0.248 e. The van der Waals surface area contributed by atoms with Crippen molar-refractivity contribution in [3.63, 3.8) is 0 Å². The molecule has 0 unspecified atom stereocenters. The summed E-state index contributed by atoms with van der Waals surface area (Å²) in [6, 6.07) is 7.84. The second kappa shape index (κ2) is 7.89. The van der Waals surface area contributed by atoms with Gasteiger partial charge in [0.1, 0.15) is 5.75 Å². The van der Waals surface area contributed by atoms with Crippen LogP contribution in [0.1, 0.15) is 45.6 Å². The summed E-state index contributed by atoms with van der Waals surface area (Å²) in [6.07, 6.45) is 8.41.